The fraction of sp³-hybridized carbons (Fsp3) is 0.259. The summed E-state index contributed by atoms with van der Waals surface area (Å²) in [4.78, 5) is 35.3. The first-order valence-corrected chi connectivity index (χ1v) is 11.5. The molecule has 0 spiro atoms. The first-order valence-electron chi connectivity index (χ1n) is 9.82. The van der Waals surface area contributed by atoms with Crippen molar-refractivity contribution < 1.29 is 19.2 Å². The molecule has 2 aromatic heterocycles. The van der Waals surface area contributed by atoms with Gasteiger partial charge in [-0.2, -0.15) is 19.2 Å². The molecule has 0 saturated carbocycles. The number of thiophene rings is 2. The molecule has 0 aliphatic rings. The maximum absolute atomic E-state index is 8.12. The van der Waals surface area contributed by atoms with Gasteiger partial charge in [0.15, 0.2) is 0 Å². The summed E-state index contributed by atoms with van der Waals surface area (Å²) in [5.74, 6) is 0.627. The molecule has 174 valence electrons. The quantitative estimate of drug-likeness (QED) is 0.290. The molecule has 0 aliphatic carbocycles. The van der Waals surface area contributed by atoms with E-state index in [-0.39, 0.29) is 19.7 Å². The Balaban J connectivity index is 0.000000491. The number of fused-ring (bicyclic) bond motifs is 2. The highest BCUT2D eigenvalue weighted by molar-refractivity contribution is 7.19. The Morgan fingerprint density at radius 3 is 1.70 bits per heavy atom. The van der Waals surface area contributed by atoms with Crippen LogP contribution in [-0.4, -0.2) is 12.3 Å². The summed E-state index contributed by atoms with van der Waals surface area (Å²) in [7, 11) is 0. The third-order valence-electron chi connectivity index (χ3n) is 4.45. The van der Waals surface area contributed by atoms with Crippen molar-refractivity contribution in [2.24, 2.45) is 0 Å². The molecule has 0 amide bonds. The second-order valence-electron chi connectivity index (χ2n) is 7.31. The second-order valence-corrected chi connectivity index (χ2v) is 9.82. The predicted molar refractivity (Wildman–Crippen MR) is 139 cm³/mol. The van der Waals surface area contributed by atoms with E-state index in [1.165, 1.54) is 41.1 Å². The van der Waals surface area contributed by atoms with Crippen molar-refractivity contribution in [3.8, 4) is 0 Å². The van der Waals surface area contributed by atoms with Crippen molar-refractivity contribution in [3.05, 3.63) is 76.0 Å². The lowest BCUT2D eigenvalue weighted by molar-refractivity contribution is -0.193. The van der Waals surface area contributed by atoms with Crippen molar-refractivity contribution >= 4 is 60.7 Å². The lowest BCUT2D eigenvalue weighted by atomic mass is 10.0. The Bertz CT molecular complexity index is 1240. The minimum Gasteiger partial charge on any atom is -0.186 e. The average molecular weight is 483 g/mol. The van der Waals surface area contributed by atoms with Crippen molar-refractivity contribution in [2.75, 3.05) is 0 Å². The van der Waals surface area contributed by atoms with E-state index in [0.717, 1.165) is 5.57 Å². The number of hydrogen-bond acceptors (Lipinski definition) is 6. The number of carbonyl (C=O) groups excluding carboxylic acids is 4. The summed E-state index contributed by atoms with van der Waals surface area (Å²) < 4.78 is 2.84. The zero-order valence-corrected chi connectivity index (χ0v) is 20.5. The molecule has 2 aromatic carbocycles. The molecule has 4 aromatic rings. The maximum Gasteiger partial charge on any atom is 0.373 e. The highest BCUT2D eigenvalue weighted by atomic mass is 32.1. The predicted octanol–water partition coefficient (Wildman–Crippen LogP) is 8.05. The molecule has 0 fully saturated rings. The van der Waals surface area contributed by atoms with Crippen molar-refractivity contribution in [2.45, 2.75) is 48.0 Å². The van der Waals surface area contributed by atoms with Gasteiger partial charge in [-0.3, -0.25) is 0 Å². The molecular weight excluding hydrogens is 452 g/mol. The van der Waals surface area contributed by atoms with E-state index in [1.807, 2.05) is 22.7 Å². The van der Waals surface area contributed by atoms with Crippen molar-refractivity contribution in [1.82, 2.24) is 0 Å². The van der Waals surface area contributed by atoms with Crippen molar-refractivity contribution in [1.29, 1.82) is 0 Å². The smallest absolute Gasteiger partial charge is 0.186 e. The lowest BCUT2D eigenvalue weighted by Crippen LogP contribution is -1.85. The zero-order chi connectivity index (χ0) is 24.3. The third kappa shape index (κ3) is 8.72. The van der Waals surface area contributed by atoms with Crippen LogP contribution in [-0.2, 0) is 19.2 Å². The second kappa shape index (κ2) is 14.8. The van der Waals surface area contributed by atoms with E-state index in [4.69, 9.17) is 19.2 Å². The maximum atomic E-state index is 8.12. The van der Waals surface area contributed by atoms with Gasteiger partial charge in [-0.25, -0.2) is 0 Å². The van der Waals surface area contributed by atoms with Gasteiger partial charge in [0.1, 0.15) is 0 Å². The SMILES string of the molecule is C.C=C(C)c1cccc2cc(C)sc12.Cc1cc2cccc(C(C)C)c2s1.O=C=O.O=C=O. The molecule has 0 unspecified atom stereocenters. The molecule has 33 heavy (non-hydrogen) atoms. The fourth-order valence-electron chi connectivity index (χ4n) is 3.20. The van der Waals surface area contributed by atoms with Crippen LogP contribution in [0.2, 0.25) is 0 Å². The minimum absolute atomic E-state index is 0. The fourth-order valence-corrected chi connectivity index (χ4v) is 5.48. The molecule has 6 heteroatoms. The topological polar surface area (TPSA) is 68.3 Å². The number of hydrogen-bond donors (Lipinski definition) is 0. The molecule has 4 rings (SSSR count). The molecular formula is C27H30O4S2. The van der Waals surface area contributed by atoms with E-state index in [0.29, 0.717) is 5.92 Å². The largest absolute Gasteiger partial charge is 0.373 e. The summed E-state index contributed by atoms with van der Waals surface area (Å²) in [6, 6.07) is 17.5. The summed E-state index contributed by atoms with van der Waals surface area (Å²) >= 11 is 3.75. The monoisotopic (exact) mass is 482 g/mol. The molecule has 2 heterocycles. The van der Waals surface area contributed by atoms with Crippen LogP contribution in [0.25, 0.3) is 25.7 Å². The summed E-state index contributed by atoms with van der Waals surface area (Å²) in [5.41, 5.74) is 3.92. The van der Waals surface area contributed by atoms with Crippen LogP contribution < -0.4 is 0 Å². The van der Waals surface area contributed by atoms with Gasteiger partial charge in [0.05, 0.1) is 0 Å². The first-order chi connectivity index (χ1) is 15.2. The van der Waals surface area contributed by atoms with Gasteiger partial charge in [0, 0.05) is 19.2 Å². The van der Waals surface area contributed by atoms with Crippen LogP contribution in [0.4, 0.5) is 0 Å². The summed E-state index contributed by atoms with van der Waals surface area (Å²) in [5, 5.41) is 2.73. The summed E-state index contributed by atoms with van der Waals surface area (Å²) in [6.07, 6.45) is 0.500. The van der Waals surface area contributed by atoms with Crippen molar-refractivity contribution in [3.63, 3.8) is 0 Å². The van der Waals surface area contributed by atoms with Gasteiger partial charge in [-0.05, 0) is 66.3 Å². The van der Waals surface area contributed by atoms with Crippen LogP contribution in [0.5, 0.6) is 0 Å². The van der Waals surface area contributed by atoms with Crippen LogP contribution in [0, 0.1) is 13.8 Å². The molecule has 0 atom stereocenters. The molecule has 0 aliphatic heterocycles. The van der Waals surface area contributed by atoms with Crippen LogP contribution in [0.3, 0.4) is 0 Å². The standard InChI is InChI=1S/C12H14S.C12H12S.2CO2.CH4/c2*1-8(2)11-6-4-5-10-7-9(3)13-12(10)11;2*2-1-3;/h4-8H,1-3H3;4-7H,1H2,2-3H3;;;1H4. The van der Waals surface area contributed by atoms with Crippen LogP contribution >= 0.6 is 22.7 Å². The Morgan fingerprint density at radius 2 is 1.24 bits per heavy atom. The molecule has 0 N–H and O–H groups in total. The zero-order valence-electron chi connectivity index (χ0n) is 18.9. The molecule has 0 bridgehead atoms. The van der Waals surface area contributed by atoms with Crippen LogP contribution in [0.1, 0.15) is 55.0 Å². The van der Waals surface area contributed by atoms with E-state index < -0.39 is 0 Å². The number of rotatable bonds is 2. The Morgan fingerprint density at radius 1 is 0.818 bits per heavy atom. The Kier molecular flexibility index (Phi) is 13.4. The van der Waals surface area contributed by atoms with E-state index in [2.05, 4.69) is 89.7 Å². The lowest BCUT2D eigenvalue weighted by Gasteiger charge is -2.05. The van der Waals surface area contributed by atoms with Crippen LogP contribution in [0.15, 0.2) is 55.1 Å². The Labute approximate surface area is 203 Å². The Hall–Kier alpha value is -3.14. The minimum atomic E-state index is 0. The summed E-state index contributed by atoms with van der Waals surface area (Å²) in [6.45, 7) is 14.9. The number of allylic oxidation sites excluding steroid dienone is 1. The highest BCUT2D eigenvalue weighted by Crippen LogP contribution is 2.32. The molecule has 0 radical (unpaired) electrons. The normalized spacial score (nSPS) is 9.15. The number of benzene rings is 2. The van der Waals surface area contributed by atoms with Gasteiger partial charge in [0.25, 0.3) is 0 Å². The van der Waals surface area contributed by atoms with Gasteiger partial charge >= 0.3 is 12.3 Å². The van der Waals surface area contributed by atoms with E-state index in [1.54, 1.807) is 0 Å². The average Bonchev–Trinajstić information content (AvgIpc) is 3.29. The first kappa shape index (κ1) is 29.9. The van der Waals surface area contributed by atoms with E-state index in [9.17, 15) is 0 Å². The highest BCUT2D eigenvalue weighted by Gasteiger charge is 2.06. The van der Waals surface area contributed by atoms with E-state index >= 15 is 0 Å². The molecule has 4 nitrogen and oxygen atoms in total. The third-order valence-corrected chi connectivity index (χ3v) is 6.66. The number of aryl methyl sites for hydroxylation is 2. The van der Waals surface area contributed by atoms with Gasteiger partial charge in [0.2, 0.25) is 0 Å². The van der Waals surface area contributed by atoms with Gasteiger partial charge in [-0.1, -0.05) is 64.3 Å². The van der Waals surface area contributed by atoms with Gasteiger partial charge in [-0.15, -0.1) is 22.7 Å². The van der Waals surface area contributed by atoms with Gasteiger partial charge < -0.3 is 0 Å². The molecule has 0 saturated heterocycles.